The van der Waals surface area contributed by atoms with E-state index in [1.165, 1.54) is 49.9 Å². The lowest BCUT2D eigenvalue weighted by Crippen LogP contribution is -2.35. The van der Waals surface area contributed by atoms with Gasteiger partial charge >= 0.3 is 0 Å². The van der Waals surface area contributed by atoms with Gasteiger partial charge in [0.2, 0.25) is 0 Å². The molecule has 1 saturated heterocycles. The van der Waals surface area contributed by atoms with Crippen molar-refractivity contribution in [3.8, 4) is 0 Å². The van der Waals surface area contributed by atoms with Crippen LogP contribution in [0.15, 0.2) is 18.2 Å². The van der Waals surface area contributed by atoms with Crippen LogP contribution in [0.2, 0.25) is 5.02 Å². The molecule has 110 valence electrons. The zero-order valence-corrected chi connectivity index (χ0v) is 13.1. The quantitative estimate of drug-likeness (QED) is 0.912. The molecule has 1 saturated carbocycles. The molecule has 3 atom stereocenters. The summed E-state index contributed by atoms with van der Waals surface area (Å²) < 4.78 is 0. The molecular weight excluding hydrogens is 268 g/mol. The minimum Gasteiger partial charge on any atom is -0.368 e. The molecule has 0 bridgehead atoms. The summed E-state index contributed by atoms with van der Waals surface area (Å²) in [5.41, 5.74) is 8.60. The maximum Gasteiger partial charge on any atom is 0.0459 e. The summed E-state index contributed by atoms with van der Waals surface area (Å²) in [6, 6.07) is 7.20. The van der Waals surface area contributed by atoms with Gasteiger partial charge in [-0.2, -0.15) is 0 Å². The van der Waals surface area contributed by atoms with E-state index in [0.29, 0.717) is 0 Å². The first-order valence-corrected chi connectivity index (χ1v) is 8.34. The smallest absolute Gasteiger partial charge is 0.0459 e. The Hall–Kier alpha value is -0.730. The first-order chi connectivity index (χ1) is 9.66. The molecule has 2 N–H and O–H groups in total. The maximum absolute atomic E-state index is 6.44. The first kappa shape index (κ1) is 14.2. The minimum absolute atomic E-state index is 0.151. The highest BCUT2D eigenvalue weighted by Crippen LogP contribution is 2.41. The summed E-state index contributed by atoms with van der Waals surface area (Å²) in [6.07, 6.45) is 7.74. The number of halogens is 1. The predicted octanol–water partition coefficient (Wildman–Crippen LogP) is 4.00. The Morgan fingerprint density at radius 3 is 2.90 bits per heavy atom. The lowest BCUT2D eigenvalue weighted by Gasteiger charge is -2.34. The number of nitrogens with zero attached hydrogens (tertiary/aromatic N) is 1. The van der Waals surface area contributed by atoms with Crippen molar-refractivity contribution in [2.45, 2.75) is 57.5 Å². The molecule has 20 heavy (non-hydrogen) atoms. The SMILES string of the molecule is CC(N)Cc1c(Cl)cccc1N1CCC2CCCCC21. The van der Waals surface area contributed by atoms with Gasteiger partial charge < -0.3 is 10.6 Å². The molecule has 1 aromatic rings. The molecular formula is C17H25ClN2. The van der Waals surface area contributed by atoms with Crippen molar-refractivity contribution in [3.63, 3.8) is 0 Å². The normalized spacial score (nSPS) is 27.4. The van der Waals surface area contributed by atoms with Gasteiger partial charge in [0.15, 0.2) is 0 Å². The molecule has 0 aromatic heterocycles. The molecule has 1 aromatic carbocycles. The summed E-state index contributed by atoms with van der Waals surface area (Å²) in [5.74, 6) is 0.894. The number of anilines is 1. The third kappa shape index (κ3) is 2.68. The van der Waals surface area contributed by atoms with Gasteiger partial charge in [-0.3, -0.25) is 0 Å². The molecule has 2 fully saturated rings. The van der Waals surface area contributed by atoms with Crippen molar-refractivity contribution >= 4 is 17.3 Å². The number of benzene rings is 1. The van der Waals surface area contributed by atoms with Crippen LogP contribution >= 0.6 is 11.6 Å². The molecule has 1 aliphatic carbocycles. The van der Waals surface area contributed by atoms with Crippen LogP contribution in [0.4, 0.5) is 5.69 Å². The van der Waals surface area contributed by atoms with Crippen molar-refractivity contribution in [1.29, 1.82) is 0 Å². The zero-order chi connectivity index (χ0) is 14.1. The van der Waals surface area contributed by atoms with E-state index in [9.17, 15) is 0 Å². The Morgan fingerprint density at radius 2 is 2.10 bits per heavy atom. The number of fused-ring (bicyclic) bond motifs is 1. The fourth-order valence-electron chi connectivity index (χ4n) is 4.05. The fourth-order valence-corrected chi connectivity index (χ4v) is 4.29. The Labute approximate surface area is 127 Å². The van der Waals surface area contributed by atoms with Crippen molar-refractivity contribution in [3.05, 3.63) is 28.8 Å². The third-order valence-corrected chi connectivity index (χ3v) is 5.29. The molecule has 1 heterocycles. The van der Waals surface area contributed by atoms with Crippen LogP contribution in [0, 0.1) is 5.92 Å². The van der Waals surface area contributed by atoms with E-state index in [4.69, 9.17) is 17.3 Å². The summed E-state index contributed by atoms with van der Waals surface area (Å²) in [5, 5.41) is 0.874. The van der Waals surface area contributed by atoms with E-state index in [-0.39, 0.29) is 6.04 Å². The van der Waals surface area contributed by atoms with E-state index in [0.717, 1.165) is 23.4 Å². The van der Waals surface area contributed by atoms with Gasteiger partial charge in [0.05, 0.1) is 0 Å². The summed E-state index contributed by atoms with van der Waals surface area (Å²) >= 11 is 6.44. The van der Waals surface area contributed by atoms with Gasteiger partial charge in [-0.05, 0) is 56.2 Å². The second-order valence-corrected chi connectivity index (χ2v) is 6.92. The van der Waals surface area contributed by atoms with Gasteiger partial charge in [-0.25, -0.2) is 0 Å². The Bertz CT molecular complexity index is 472. The van der Waals surface area contributed by atoms with E-state index < -0.39 is 0 Å². The number of nitrogens with two attached hydrogens (primary N) is 1. The first-order valence-electron chi connectivity index (χ1n) is 7.96. The highest BCUT2D eigenvalue weighted by Gasteiger charge is 2.36. The van der Waals surface area contributed by atoms with Crippen LogP contribution in [-0.4, -0.2) is 18.6 Å². The zero-order valence-electron chi connectivity index (χ0n) is 12.3. The molecule has 3 unspecified atom stereocenters. The predicted molar refractivity (Wildman–Crippen MR) is 86.5 cm³/mol. The summed E-state index contributed by atoms with van der Waals surface area (Å²) in [7, 11) is 0. The highest BCUT2D eigenvalue weighted by molar-refractivity contribution is 6.31. The second kappa shape index (κ2) is 5.95. The number of rotatable bonds is 3. The van der Waals surface area contributed by atoms with Gasteiger partial charge in [0.25, 0.3) is 0 Å². The maximum atomic E-state index is 6.44. The average Bonchev–Trinajstić information content (AvgIpc) is 2.84. The topological polar surface area (TPSA) is 29.3 Å². The highest BCUT2D eigenvalue weighted by atomic mass is 35.5. The van der Waals surface area contributed by atoms with Crippen molar-refractivity contribution < 1.29 is 0 Å². The van der Waals surface area contributed by atoms with Gasteiger partial charge in [-0.15, -0.1) is 0 Å². The molecule has 1 aliphatic heterocycles. The molecule has 3 rings (SSSR count). The second-order valence-electron chi connectivity index (χ2n) is 6.51. The molecule has 0 radical (unpaired) electrons. The fraction of sp³-hybridized carbons (Fsp3) is 0.647. The Kier molecular flexibility index (Phi) is 4.23. The van der Waals surface area contributed by atoms with Crippen molar-refractivity contribution in [2.24, 2.45) is 11.7 Å². The van der Waals surface area contributed by atoms with E-state index in [1.807, 2.05) is 6.07 Å². The number of hydrogen-bond donors (Lipinski definition) is 1. The summed E-state index contributed by atoms with van der Waals surface area (Å²) in [6.45, 7) is 3.24. The van der Waals surface area contributed by atoms with Gasteiger partial charge in [0.1, 0.15) is 0 Å². The van der Waals surface area contributed by atoms with Crippen LogP contribution < -0.4 is 10.6 Å². The van der Waals surface area contributed by atoms with Crippen LogP contribution in [-0.2, 0) is 6.42 Å². The number of hydrogen-bond acceptors (Lipinski definition) is 2. The molecule has 3 heteroatoms. The van der Waals surface area contributed by atoms with Crippen LogP contribution in [0.1, 0.15) is 44.6 Å². The average molecular weight is 293 g/mol. The molecule has 0 amide bonds. The largest absolute Gasteiger partial charge is 0.368 e. The van der Waals surface area contributed by atoms with Crippen LogP contribution in [0.25, 0.3) is 0 Å². The standard InChI is InChI=1S/C17H25ClN2/c1-12(19)11-14-15(18)6-4-8-17(14)20-10-9-13-5-2-3-7-16(13)20/h4,6,8,12-13,16H,2-3,5,7,9-11,19H2,1H3. The summed E-state index contributed by atoms with van der Waals surface area (Å²) in [4.78, 5) is 2.62. The van der Waals surface area contributed by atoms with E-state index in [2.05, 4.69) is 24.0 Å². The van der Waals surface area contributed by atoms with E-state index in [1.54, 1.807) is 0 Å². The van der Waals surface area contributed by atoms with Crippen LogP contribution in [0.3, 0.4) is 0 Å². The van der Waals surface area contributed by atoms with Crippen molar-refractivity contribution in [1.82, 2.24) is 0 Å². The Morgan fingerprint density at radius 1 is 1.30 bits per heavy atom. The van der Waals surface area contributed by atoms with E-state index >= 15 is 0 Å². The van der Waals surface area contributed by atoms with Gasteiger partial charge in [-0.1, -0.05) is 30.5 Å². The molecule has 2 aliphatic rings. The molecule has 2 nitrogen and oxygen atoms in total. The lowest BCUT2D eigenvalue weighted by atomic mass is 9.85. The van der Waals surface area contributed by atoms with Gasteiger partial charge in [0, 0.05) is 29.3 Å². The minimum atomic E-state index is 0.151. The molecule has 0 spiro atoms. The van der Waals surface area contributed by atoms with Crippen molar-refractivity contribution in [2.75, 3.05) is 11.4 Å². The lowest BCUT2D eigenvalue weighted by molar-refractivity contribution is 0.342. The monoisotopic (exact) mass is 292 g/mol. The Balaban J connectivity index is 1.91. The van der Waals surface area contributed by atoms with Crippen LogP contribution in [0.5, 0.6) is 0 Å². The third-order valence-electron chi connectivity index (χ3n) is 4.94.